The zero-order valence-corrected chi connectivity index (χ0v) is 14.5. The van der Waals surface area contributed by atoms with E-state index in [0.717, 1.165) is 11.1 Å². The lowest BCUT2D eigenvalue weighted by molar-refractivity contribution is 0.305. The highest BCUT2D eigenvalue weighted by molar-refractivity contribution is 7.80. The van der Waals surface area contributed by atoms with Crippen LogP contribution in [-0.2, 0) is 6.61 Å². The first-order valence-corrected chi connectivity index (χ1v) is 8.44. The number of benzene rings is 3. The first kappa shape index (κ1) is 15.8. The Morgan fingerprint density at radius 2 is 1.80 bits per heavy atom. The second-order valence-corrected chi connectivity index (χ2v) is 6.38. The van der Waals surface area contributed by atoms with Gasteiger partial charge in [0.2, 0.25) is 0 Å². The van der Waals surface area contributed by atoms with Crippen LogP contribution in [0.25, 0.3) is 21.7 Å². The number of hydrogen-bond donors (Lipinski definition) is 1. The summed E-state index contributed by atoms with van der Waals surface area (Å²) in [4.78, 5) is 12.0. The molecular weight excluding hydrogens is 332 g/mol. The maximum atomic E-state index is 12.0. The largest absolute Gasteiger partial charge is 0.488 e. The lowest BCUT2D eigenvalue weighted by Crippen LogP contribution is -2.03. The van der Waals surface area contributed by atoms with Gasteiger partial charge in [-0.25, -0.2) is 0 Å². The number of thiol groups is 1. The molecule has 0 fully saturated rings. The van der Waals surface area contributed by atoms with Gasteiger partial charge in [0.05, 0.1) is 5.39 Å². The van der Waals surface area contributed by atoms with E-state index in [-0.39, 0.29) is 5.43 Å². The molecule has 3 aromatic carbocycles. The van der Waals surface area contributed by atoms with Crippen LogP contribution in [-0.4, -0.2) is 0 Å². The van der Waals surface area contributed by atoms with Gasteiger partial charge in [-0.3, -0.25) is 4.79 Å². The van der Waals surface area contributed by atoms with E-state index in [1.54, 1.807) is 6.07 Å². The van der Waals surface area contributed by atoms with Gasteiger partial charge < -0.3 is 9.15 Å². The van der Waals surface area contributed by atoms with Crippen LogP contribution in [0, 0.1) is 6.92 Å². The molecule has 0 aliphatic carbocycles. The first-order valence-electron chi connectivity index (χ1n) is 7.99. The predicted octanol–water partition coefficient (Wildman–Crippen LogP) is 5.12. The minimum atomic E-state index is -0.102. The molecule has 0 spiro atoms. The fraction of sp³-hybridized carbons (Fsp3) is 0.0952. The summed E-state index contributed by atoms with van der Waals surface area (Å²) in [7, 11) is 0. The molecule has 0 unspecified atom stereocenters. The second-order valence-electron chi connectivity index (χ2n) is 5.94. The third-order valence-corrected chi connectivity index (χ3v) is 4.57. The monoisotopic (exact) mass is 348 g/mol. The third-order valence-electron chi connectivity index (χ3n) is 4.35. The molecule has 0 saturated carbocycles. The molecule has 0 aliphatic rings. The fourth-order valence-electron chi connectivity index (χ4n) is 3.05. The molecule has 4 heteroatoms. The maximum Gasteiger partial charge on any atom is 0.193 e. The zero-order valence-electron chi connectivity index (χ0n) is 13.7. The van der Waals surface area contributed by atoms with Crippen molar-refractivity contribution in [1.82, 2.24) is 0 Å². The molecule has 124 valence electrons. The molecular formula is C21H16O3S. The highest BCUT2D eigenvalue weighted by Crippen LogP contribution is 2.28. The summed E-state index contributed by atoms with van der Waals surface area (Å²) < 4.78 is 11.7. The van der Waals surface area contributed by atoms with Crippen LogP contribution in [0.1, 0.15) is 11.1 Å². The van der Waals surface area contributed by atoms with Gasteiger partial charge in [-0.1, -0.05) is 42.5 Å². The van der Waals surface area contributed by atoms with Crippen LogP contribution in [0.5, 0.6) is 5.75 Å². The van der Waals surface area contributed by atoms with E-state index >= 15 is 0 Å². The van der Waals surface area contributed by atoms with Crippen LogP contribution in [0.4, 0.5) is 0 Å². The van der Waals surface area contributed by atoms with Gasteiger partial charge >= 0.3 is 0 Å². The lowest BCUT2D eigenvalue weighted by atomic mass is 10.1. The van der Waals surface area contributed by atoms with Crippen molar-refractivity contribution in [1.29, 1.82) is 0 Å². The van der Waals surface area contributed by atoms with Crippen molar-refractivity contribution < 1.29 is 9.15 Å². The van der Waals surface area contributed by atoms with Crippen molar-refractivity contribution in [3.63, 3.8) is 0 Å². The zero-order chi connectivity index (χ0) is 17.4. The highest BCUT2D eigenvalue weighted by Gasteiger charge is 2.11. The molecule has 0 radical (unpaired) electrons. The summed E-state index contributed by atoms with van der Waals surface area (Å²) in [5.41, 5.74) is 2.33. The van der Waals surface area contributed by atoms with Crippen molar-refractivity contribution in [3.8, 4) is 5.75 Å². The quantitative estimate of drug-likeness (QED) is 0.522. The molecule has 0 saturated heterocycles. The molecule has 3 nitrogen and oxygen atoms in total. The Morgan fingerprint density at radius 3 is 2.68 bits per heavy atom. The molecule has 0 N–H and O–H groups in total. The van der Waals surface area contributed by atoms with Gasteiger partial charge in [0.25, 0.3) is 0 Å². The van der Waals surface area contributed by atoms with Gasteiger partial charge in [-0.2, -0.15) is 0 Å². The number of hydrogen-bond acceptors (Lipinski definition) is 4. The molecule has 0 bridgehead atoms. The summed E-state index contributed by atoms with van der Waals surface area (Å²) in [5.74, 6) is 0.697. The molecule has 25 heavy (non-hydrogen) atoms. The van der Waals surface area contributed by atoms with Crippen molar-refractivity contribution in [2.24, 2.45) is 0 Å². The molecule has 1 heterocycles. The maximum absolute atomic E-state index is 12.0. The van der Waals surface area contributed by atoms with Gasteiger partial charge in [-0.05, 0) is 35.4 Å². The van der Waals surface area contributed by atoms with Crippen molar-refractivity contribution >= 4 is 34.4 Å². The van der Waals surface area contributed by atoms with Crippen LogP contribution in [0.3, 0.4) is 0 Å². The standard InChI is InChI=1S/C21H16O3S/c1-13-19(10-9-17-18(22)11-20(25)24-21(13)17)23-12-15-7-4-6-14-5-2-3-8-16(14)15/h2-11,25H,12H2,1H3. The molecule has 0 aliphatic heterocycles. The molecule has 0 amide bonds. The Balaban J connectivity index is 1.71. The fourth-order valence-corrected chi connectivity index (χ4v) is 3.26. The van der Waals surface area contributed by atoms with E-state index in [2.05, 4.69) is 36.9 Å². The molecule has 4 aromatic rings. The topological polar surface area (TPSA) is 39.4 Å². The van der Waals surface area contributed by atoms with Crippen molar-refractivity contribution in [2.75, 3.05) is 0 Å². The summed E-state index contributed by atoms with van der Waals surface area (Å²) in [6.07, 6.45) is 0. The average Bonchev–Trinajstić information content (AvgIpc) is 2.61. The summed E-state index contributed by atoms with van der Waals surface area (Å²) in [6.45, 7) is 2.33. The first-order chi connectivity index (χ1) is 12.1. The SMILES string of the molecule is Cc1c(OCc2cccc3ccccc23)ccc2c(=O)cc(S)oc12. The minimum absolute atomic E-state index is 0.102. The Morgan fingerprint density at radius 1 is 1.00 bits per heavy atom. The number of ether oxygens (including phenoxy) is 1. The van der Waals surface area contributed by atoms with E-state index in [1.165, 1.54) is 16.8 Å². The van der Waals surface area contributed by atoms with E-state index in [0.29, 0.717) is 28.4 Å². The van der Waals surface area contributed by atoms with Gasteiger partial charge in [0.1, 0.15) is 17.9 Å². The van der Waals surface area contributed by atoms with E-state index < -0.39 is 0 Å². The van der Waals surface area contributed by atoms with Crippen molar-refractivity contribution in [3.05, 3.63) is 82.0 Å². The normalized spacial score (nSPS) is 11.1. The van der Waals surface area contributed by atoms with Gasteiger partial charge in [0.15, 0.2) is 10.5 Å². The average molecular weight is 348 g/mol. The van der Waals surface area contributed by atoms with Gasteiger partial charge in [0, 0.05) is 11.6 Å². The Bertz CT molecular complexity index is 1140. The summed E-state index contributed by atoms with van der Waals surface area (Å²) >= 11 is 4.15. The van der Waals surface area contributed by atoms with E-state index in [1.807, 2.05) is 31.2 Å². The third kappa shape index (κ3) is 2.89. The Hall–Kier alpha value is -2.72. The second kappa shape index (κ2) is 6.30. The van der Waals surface area contributed by atoms with Crippen LogP contribution >= 0.6 is 12.6 Å². The predicted molar refractivity (Wildman–Crippen MR) is 103 cm³/mol. The van der Waals surface area contributed by atoms with Crippen LogP contribution < -0.4 is 10.2 Å². The summed E-state index contributed by atoms with van der Waals surface area (Å²) in [6, 6.07) is 19.3. The van der Waals surface area contributed by atoms with E-state index in [9.17, 15) is 4.79 Å². The van der Waals surface area contributed by atoms with Crippen molar-refractivity contribution in [2.45, 2.75) is 18.6 Å². The van der Waals surface area contributed by atoms with Gasteiger partial charge in [-0.15, -0.1) is 12.6 Å². The highest BCUT2D eigenvalue weighted by atomic mass is 32.1. The number of aryl methyl sites for hydroxylation is 1. The number of rotatable bonds is 3. The smallest absolute Gasteiger partial charge is 0.193 e. The molecule has 1 aromatic heterocycles. The molecule has 4 rings (SSSR count). The summed E-state index contributed by atoms with van der Waals surface area (Å²) in [5, 5.41) is 3.19. The Kier molecular flexibility index (Phi) is 3.98. The lowest BCUT2D eigenvalue weighted by Gasteiger charge is -2.12. The minimum Gasteiger partial charge on any atom is -0.488 e. The number of fused-ring (bicyclic) bond motifs is 2. The van der Waals surface area contributed by atoms with Crippen LogP contribution in [0.2, 0.25) is 0 Å². The van der Waals surface area contributed by atoms with Crippen LogP contribution in [0.15, 0.2) is 75.0 Å². The van der Waals surface area contributed by atoms with E-state index in [4.69, 9.17) is 9.15 Å². The molecule has 0 atom stereocenters. The Labute approximate surface area is 150 Å².